The normalized spacial score (nSPS) is 16.0. The average molecular weight is 599 g/mol. The van der Waals surface area contributed by atoms with Crippen LogP contribution in [0.2, 0.25) is 0 Å². The van der Waals surface area contributed by atoms with Crippen molar-refractivity contribution in [3.8, 4) is 22.1 Å². The third-order valence-electron chi connectivity index (χ3n) is 7.14. The summed E-state index contributed by atoms with van der Waals surface area (Å²) < 4.78 is 81.2. The third kappa shape index (κ3) is 6.20. The number of ether oxygens (including phenoxy) is 2. The first kappa shape index (κ1) is 29.7. The molecule has 0 bridgehead atoms. The van der Waals surface area contributed by atoms with Crippen molar-refractivity contribution in [3.05, 3.63) is 52.4 Å². The number of alkyl halides is 3. The molecule has 1 aliphatic carbocycles. The van der Waals surface area contributed by atoms with E-state index in [1.807, 2.05) is 0 Å². The molecule has 1 saturated carbocycles. The number of anilines is 1. The van der Waals surface area contributed by atoms with E-state index >= 15 is 0 Å². The summed E-state index contributed by atoms with van der Waals surface area (Å²) in [7, 11) is -1.95. The summed E-state index contributed by atoms with van der Waals surface area (Å²) in [5.74, 6) is -1.51. The van der Waals surface area contributed by atoms with Gasteiger partial charge in [0.25, 0.3) is 10.0 Å². The maximum absolute atomic E-state index is 14.2. The lowest BCUT2D eigenvalue weighted by Crippen LogP contribution is -2.20. The van der Waals surface area contributed by atoms with Crippen LogP contribution in [0.1, 0.15) is 66.9 Å². The van der Waals surface area contributed by atoms with Gasteiger partial charge in [-0.15, -0.1) is 11.3 Å². The highest BCUT2D eigenvalue weighted by Gasteiger charge is 2.36. The van der Waals surface area contributed by atoms with Crippen LogP contribution >= 0.6 is 11.3 Å². The lowest BCUT2D eigenvalue weighted by molar-refractivity contribution is -0.137. The Morgan fingerprint density at radius 2 is 1.75 bits per heavy atom. The highest BCUT2D eigenvalue weighted by atomic mass is 32.2. The van der Waals surface area contributed by atoms with Crippen LogP contribution in [0.25, 0.3) is 10.6 Å². The minimum absolute atomic E-state index is 0.0269. The molecule has 216 valence electrons. The number of hydrogen-bond acceptors (Lipinski definition) is 7. The van der Waals surface area contributed by atoms with Gasteiger partial charge in [-0.2, -0.15) is 21.6 Å². The SMILES string of the molecule is COc1cc(C(=O)O)c(OC)cc1NS(=O)(=O)c1csc(-c2ccc(C3CCC(C)(C)CC3)cc2C(F)(F)F)n1. The minimum atomic E-state index is -4.67. The third-order valence-corrected chi connectivity index (χ3v) is 9.42. The number of aromatic carboxylic acids is 1. The van der Waals surface area contributed by atoms with Crippen molar-refractivity contribution >= 4 is 33.0 Å². The Bertz CT molecular complexity index is 1520. The molecule has 40 heavy (non-hydrogen) atoms. The summed E-state index contributed by atoms with van der Waals surface area (Å²) in [4.78, 5) is 15.5. The van der Waals surface area contributed by atoms with Crippen LogP contribution in [0.4, 0.5) is 18.9 Å². The van der Waals surface area contributed by atoms with E-state index in [2.05, 4.69) is 23.6 Å². The summed E-state index contributed by atoms with van der Waals surface area (Å²) in [6.45, 7) is 4.32. The summed E-state index contributed by atoms with van der Waals surface area (Å²) in [5.41, 5.74) is -0.662. The maximum Gasteiger partial charge on any atom is 0.417 e. The Kier molecular flexibility index (Phi) is 8.10. The van der Waals surface area contributed by atoms with Crippen molar-refractivity contribution in [2.45, 2.75) is 56.7 Å². The Balaban J connectivity index is 1.66. The molecule has 1 aliphatic rings. The van der Waals surface area contributed by atoms with Crippen molar-refractivity contribution in [1.82, 2.24) is 4.98 Å². The number of rotatable bonds is 8. The number of carboxylic acid groups (broad SMARTS) is 1. The van der Waals surface area contributed by atoms with Gasteiger partial charge < -0.3 is 14.6 Å². The molecular weight excluding hydrogens is 569 g/mol. The van der Waals surface area contributed by atoms with E-state index in [4.69, 9.17) is 9.47 Å². The lowest BCUT2D eigenvalue weighted by Gasteiger charge is -2.34. The largest absolute Gasteiger partial charge is 0.496 e. The van der Waals surface area contributed by atoms with Crippen molar-refractivity contribution in [3.63, 3.8) is 0 Å². The van der Waals surface area contributed by atoms with Crippen LogP contribution in [-0.2, 0) is 16.2 Å². The molecule has 0 saturated heterocycles. The van der Waals surface area contributed by atoms with Gasteiger partial charge in [0.2, 0.25) is 0 Å². The maximum atomic E-state index is 14.2. The first-order chi connectivity index (χ1) is 18.6. The van der Waals surface area contributed by atoms with Gasteiger partial charge in [-0.25, -0.2) is 9.78 Å². The first-order valence-electron chi connectivity index (χ1n) is 12.3. The van der Waals surface area contributed by atoms with Gasteiger partial charge in [-0.3, -0.25) is 4.72 Å². The predicted octanol–water partition coefficient (Wildman–Crippen LogP) is 7.03. The Labute approximate surface area is 234 Å². The number of methoxy groups -OCH3 is 2. The number of nitrogens with one attached hydrogen (secondary N) is 1. The standard InChI is InChI=1S/C27H29F3N2O6S2/c1-26(2)9-7-15(8-10-26)16-5-6-17(19(11-16)27(28,29)30)24-31-23(14-39-24)40(35,36)32-20-13-21(37-3)18(25(33)34)12-22(20)38-4/h5-6,11-15,32H,7-10H2,1-4H3,(H,33,34). The highest BCUT2D eigenvalue weighted by Crippen LogP contribution is 2.45. The van der Waals surface area contributed by atoms with Crippen molar-refractivity contribution in [2.75, 3.05) is 18.9 Å². The number of carboxylic acids is 1. The molecule has 0 unspecified atom stereocenters. The molecular formula is C27H29F3N2O6S2. The molecule has 1 fully saturated rings. The number of nitrogens with zero attached hydrogens (tertiary/aromatic N) is 1. The minimum Gasteiger partial charge on any atom is -0.496 e. The van der Waals surface area contributed by atoms with Gasteiger partial charge in [0.1, 0.15) is 22.1 Å². The van der Waals surface area contributed by atoms with Gasteiger partial charge in [-0.05, 0) is 48.6 Å². The summed E-state index contributed by atoms with van der Waals surface area (Å²) in [6.07, 6.45) is -1.21. The van der Waals surface area contributed by atoms with E-state index in [0.717, 1.165) is 60.6 Å². The van der Waals surface area contributed by atoms with Crippen LogP contribution in [0.3, 0.4) is 0 Å². The zero-order valence-corrected chi connectivity index (χ0v) is 23.9. The molecule has 1 aromatic heterocycles. The predicted molar refractivity (Wildman–Crippen MR) is 145 cm³/mol. The molecule has 4 rings (SSSR count). The number of sulfonamides is 1. The van der Waals surface area contributed by atoms with Crippen molar-refractivity contribution < 1.29 is 41.0 Å². The zero-order chi connectivity index (χ0) is 29.5. The molecule has 0 amide bonds. The summed E-state index contributed by atoms with van der Waals surface area (Å²) in [6, 6.07) is 6.42. The number of hydrogen-bond donors (Lipinski definition) is 2. The summed E-state index contributed by atoms with van der Waals surface area (Å²) in [5, 5.41) is 9.90. The van der Waals surface area contributed by atoms with E-state index in [1.165, 1.54) is 20.3 Å². The topological polar surface area (TPSA) is 115 Å². The van der Waals surface area contributed by atoms with Gasteiger partial charge in [0.15, 0.2) is 5.03 Å². The second-order valence-electron chi connectivity index (χ2n) is 10.4. The van der Waals surface area contributed by atoms with Crippen molar-refractivity contribution in [2.24, 2.45) is 5.41 Å². The van der Waals surface area contributed by atoms with Crippen LogP contribution in [0, 0.1) is 5.41 Å². The molecule has 0 aliphatic heterocycles. The van der Waals surface area contributed by atoms with Gasteiger partial charge >= 0.3 is 12.1 Å². The zero-order valence-electron chi connectivity index (χ0n) is 22.3. The van der Waals surface area contributed by atoms with E-state index in [0.29, 0.717) is 5.56 Å². The lowest BCUT2D eigenvalue weighted by atomic mass is 9.71. The van der Waals surface area contributed by atoms with Gasteiger partial charge in [0.05, 0.1) is 25.5 Å². The molecule has 2 aromatic carbocycles. The van der Waals surface area contributed by atoms with E-state index in [1.54, 1.807) is 6.07 Å². The number of halogens is 3. The second kappa shape index (κ2) is 10.9. The molecule has 1 heterocycles. The van der Waals surface area contributed by atoms with E-state index in [9.17, 15) is 31.5 Å². The van der Waals surface area contributed by atoms with Gasteiger partial charge in [0, 0.05) is 23.1 Å². The molecule has 0 radical (unpaired) electrons. The summed E-state index contributed by atoms with van der Waals surface area (Å²) >= 11 is 0.772. The quantitative estimate of drug-likeness (QED) is 0.286. The van der Waals surface area contributed by atoms with E-state index in [-0.39, 0.29) is 44.7 Å². The average Bonchev–Trinajstić information content (AvgIpc) is 3.38. The van der Waals surface area contributed by atoms with Crippen LogP contribution in [0.5, 0.6) is 11.5 Å². The van der Waals surface area contributed by atoms with Crippen LogP contribution in [0.15, 0.2) is 40.7 Å². The molecule has 0 spiro atoms. The first-order valence-corrected chi connectivity index (χ1v) is 14.7. The number of benzene rings is 2. The van der Waals surface area contributed by atoms with Crippen molar-refractivity contribution in [1.29, 1.82) is 0 Å². The number of thiazole rings is 1. The molecule has 8 nitrogen and oxygen atoms in total. The molecule has 13 heteroatoms. The fourth-order valence-corrected chi connectivity index (χ4v) is 7.01. The monoisotopic (exact) mass is 598 g/mol. The Morgan fingerprint density at radius 1 is 1.10 bits per heavy atom. The Morgan fingerprint density at radius 3 is 2.33 bits per heavy atom. The second-order valence-corrected chi connectivity index (χ2v) is 12.9. The fraction of sp³-hybridized carbons (Fsp3) is 0.407. The van der Waals surface area contributed by atoms with Crippen LogP contribution < -0.4 is 14.2 Å². The molecule has 3 aromatic rings. The Hall–Kier alpha value is -3.32. The van der Waals surface area contributed by atoms with Gasteiger partial charge in [-0.1, -0.05) is 26.0 Å². The smallest absolute Gasteiger partial charge is 0.417 e. The highest BCUT2D eigenvalue weighted by molar-refractivity contribution is 7.92. The number of aromatic nitrogens is 1. The number of carbonyl (C=O) groups is 1. The molecule has 0 atom stereocenters. The fourth-order valence-electron chi connectivity index (χ4n) is 4.82. The van der Waals surface area contributed by atoms with Crippen LogP contribution in [-0.4, -0.2) is 38.7 Å². The molecule has 2 N–H and O–H groups in total. The van der Waals surface area contributed by atoms with E-state index < -0.39 is 32.8 Å².